The van der Waals surface area contributed by atoms with Crippen LogP contribution in [0.15, 0.2) is 16.8 Å². The van der Waals surface area contributed by atoms with Crippen LogP contribution in [0.1, 0.15) is 52.5 Å². The van der Waals surface area contributed by atoms with Crippen LogP contribution in [0.2, 0.25) is 0 Å². The van der Waals surface area contributed by atoms with Gasteiger partial charge in [-0.1, -0.05) is 6.92 Å². The predicted octanol–water partition coefficient (Wildman–Crippen LogP) is 4.49. The summed E-state index contributed by atoms with van der Waals surface area (Å²) < 4.78 is 0. The average molecular weight is 265 g/mol. The standard InChI is InChI=1S/C16H27NS/c1-15(2,3)17-12-16(4,14-5-6-14)9-7-13-8-10-18-11-13/h8,10-11,14,17H,5-7,9,12H2,1-4H3. The summed E-state index contributed by atoms with van der Waals surface area (Å²) in [4.78, 5) is 0. The van der Waals surface area contributed by atoms with Gasteiger partial charge in [0.05, 0.1) is 0 Å². The van der Waals surface area contributed by atoms with Crippen molar-refractivity contribution in [1.29, 1.82) is 0 Å². The van der Waals surface area contributed by atoms with E-state index in [-0.39, 0.29) is 5.54 Å². The van der Waals surface area contributed by atoms with Gasteiger partial charge in [-0.2, -0.15) is 11.3 Å². The van der Waals surface area contributed by atoms with E-state index in [1.165, 1.54) is 31.2 Å². The van der Waals surface area contributed by atoms with Crippen LogP contribution in [-0.2, 0) is 6.42 Å². The van der Waals surface area contributed by atoms with Crippen LogP contribution in [0.4, 0.5) is 0 Å². The number of rotatable bonds is 6. The van der Waals surface area contributed by atoms with Gasteiger partial charge in [-0.25, -0.2) is 0 Å². The number of aryl methyl sites for hydroxylation is 1. The van der Waals surface area contributed by atoms with E-state index in [9.17, 15) is 0 Å². The molecule has 1 fully saturated rings. The van der Waals surface area contributed by atoms with Gasteiger partial charge in [0, 0.05) is 12.1 Å². The minimum atomic E-state index is 0.235. The maximum absolute atomic E-state index is 3.72. The normalized spacial score (nSPS) is 19.8. The largest absolute Gasteiger partial charge is 0.312 e. The molecule has 0 radical (unpaired) electrons. The van der Waals surface area contributed by atoms with Gasteiger partial charge in [-0.05, 0) is 80.2 Å². The molecule has 102 valence electrons. The predicted molar refractivity (Wildman–Crippen MR) is 81.2 cm³/mol. The van der Waals surface area contributed by atoms with Gasteiger partial charge in [0.25, 0.3) is 0 Å². The molecule has 0 bridgehead atoms. The van der Waals surface area contributed by atoms with Crippen LogP contribution in [0.3, 0.4) is 0 Å². The molecule has 1 N–H and O–H groups in total. The molecule has 1 unspecified atom stereocenters. The van der Waals surface area contributed by atoms with Crippen molar-refractivity contribution in [3.05, 3.63) is 22.4 Å². The fourth-order valence-electron chi connectivity index (χ4n) is 2.55. The molecule has 1 heterocycles. The third kappa shape index (κ3) is 4.10. The maximum Gasteiger partial charge on any atom is 0.00967 e. The number of hydrogen-bond donors (Lipinski definition) is 1. The van der Waals surface area contributed by atoms with Gasteiger partial charge >= 0.3 is 0 Å². The Morgan fingerprint density at radius 3 is 2.50 bits per heavy atom. The first-order chi connectivity index (χ1) is 8.39. The third-order valence-corrected chi connectivity index (χ3v) is 4.88. The number of hydrogen-bond acceptors (Lipinski definition) is 2. The molecule has 0 spiro atoms. The molecule has 1 aromatic rings. The molecule has 0 aliphatic heterocycles. The van der Waals surface area contributed by atoms with Crippen LogP contribution in [-0.4, -0.2) is 12.1 Å². The van der Waals surface area contributed by atoms with Gasteiger partial charge in [0.1, 0.15) is 0 Å². The van der Waals surface area contributed by atoms with Gasteiger partial charge in [-0.3, -0.25) is 0 Å². The second kappa shape index (κ2) is 5.34. The Kier molecular flexibility index (Phi) is 4.18. The zero-order valence-electron chi connectivity index (χ0n) is 12.3. The van der Waals surface area contributed by atoms with E-state index in [0.29, 0.717) is 5.41 Å². The summed E-state index contributed by atoms with van der Waals surface area (Å²) in [6.45, 7) is 10.4. The minimum Gasteiger partial charge on any atom is -0.312 e. The molecule has 2 rings (SSSR count). The summed E-state index contributed by atoms with van der Waals surface area (Å²) in [6, 6.07) is 2.27. The van der Waals surface area contributed by atoms with Crippen molar-refractivity contribution >= 4 is 11.3 Å². The van der Waals surface area contributed by atoms with E-state index < -0.39 is 0 Å². The summed E-state index contributed by atoms with van der Waals surface area (Å²) in [5.74, 6) is 0.950. The van der Waals surface area contributed by atoms with Crippen molar-refractivity contribution in [2.75, 3.05) is 6.54 Å². The highest BCUT2D eigenvalue weighted by Gasteiger charge is 2.41. The van der Waals surface area contributed by atoms with Gasteiger partial charge in [0.15, 0.2) is 0 Å². The summed E-state index contributed by atoms with van der Waals surface area (Å²) in [6.07, 6.45) is 5.43. The highest BCUT2D eigenvalue weighted by molar-refractivity contribution is 7.07. The van der Waals surface area contributed by atoms with E-state index in [1.807, 2.05) is 11.3 Å². The smallest absolute Gasteiger partial charge is 0.00967 e. The second-order valence-electron chi connectivity index (χ2n) is 7.16. The van der Waals surface area contributed by atoms with Crippen LogP contribution >= 0.6 is 11.3 Å². The second-order valence-corrected chi connectivity index (χ2v) is 7.94. The molecule has 1 atom stereocenters. The van der Waals surface area contributed by atoms with E-state index in [0.717, 1.165) is 12.5 Å². The molecule has 1 nitrogen and oxygen atoms in total. The highest BCUT2D eigenvalue weighted by atomic mass is 32.1. The van der Waals surface area contributed by atoms with Crippen molar-refractivity contribution in [3.63, 3.8) is 0 Å². The average Bonchev–Trinajstić information content (AvgIpc) is 3.02. The van der Waals surface area contributed by atoms with Crippen molar-refractivity contribution < 1.29 is 0 Å². The molecule has 1 aliphatic carbocycles. The molecule has 2 heteroatoms. The molecule has 1 aromatic heterocycles. The summed E-state index contributed by atoms with van der Waals surface area (Å²) in [5, 5.41) is 8.20. The lowest BCUT2D eigenvalue weighted by Gasteiger charge is -2.34. The molecule has 0 saturated heterocycles. The fourth-order valence-corrected chi connectivity index (χ4v) is 3.25. The maximum atomic E-state index is 3.72. The van der Waals surface area contributed by atoms with Crippen LogP contribution in [0.25, 0.3) is 0 Å². The Bertz CT molecular complexity index is 359. The first kappa shape index (κ1) is 14.1. The molecule has 0 aromatic carbocycles. The number of nitrogens with one attached hydrogen (secondary N) is 1. The molecule has 1 aliphatic rings. The summed E-state index contributed by atoms with van der Waals surface area (Å²) >= 11 is 1.82. The van der Waals surface area contributed by atoms with Gasteiger partial charge in [0.2, 0.25) is 0 Å². The third-order valence-electron chi connectivity index (χ3n) is 4.15. The van der Waals surface area contributed by atoms with Gasteiger partial charge in [-0.15, -0.1) is 0 Å². The monoisotopic (exact) mass is 265 g/mol. The van der Waals surface area contributed by atoms with E-state index in [4.69, 9.17) is 0 Å². The molecule has 1 saturated carbocycles. The topological polar surface area (TPSA) is 12.0 Å². The van der Waals surface area contributed by atoms with Gasteiger partial charge < -0.3 is 5.32 Å². The quantitative estimate of drug-likeness (QED) is 0.799. The van der Waals surface area contributed by atoms with Crippen LogP contribution in [0, 0.1) is 11.3 Å². The first-order valence-corrected chi connectivity index (χ1v) is 8.09. The molecule has 18 heavy (non-hydrogen) atoms. The van der Waals surface area contributed by atoms with Crippen LogP contribution < -0.4 is 5.32 Å². The fraction of sp³-hybridized carbons (Fsp3) is 0.750. The Balaban J connectivity index is 1.89. The van der Waals surface area contributed by atoms with Crippen molar-refractivity contribution in [2.24, 2.45) is 11.3 Å². The zero-order valence-corrected chi connectivity index (χ0v) is 13.1. The Morgan fingerprint density at radius 1 is 1.28 bits per heavy atom. The Labute approximate surface area is 116 Å². The lowest BCUT2D eigenvalue weighted by Crippen LogP contribution is -2.44. The molecule has 0 amide bonds. The van der Waals surface area contributed by atoms with Crippen molar-refractivity contribution in [3.8, 4) is 0 Å². The van der Waals surface area contributed by atoms with Crippen molar-refractivity contribution in [2.45, 2.75) is 58.9 Å². The van der Waals surface area contributed by atoms with Crippen molar-refractivity contribution in [1.82, 2.24) is 5.32 Å². The Morgan fingerprint density at radius 2 is 2.00 bits per heavy atom. The number of thiophene rings is 1. The van der Waals surface area contributed by atoms with Crippen LogP contribution in [0.5, 0.6) is 0 Å². The Hall–Kier alpha value is -0.340. The SMILES string of the molecule is CC(C)(C)NCC(C)(CCc1ccsc1)C1CC1. The summed E-state index contributed by atoms with van der Waals surface area (Å²) in [5.41, 5.74) is 2.23. The van der Waals surface area contributed by atoms with E-state index in [2.05, 4.69) is 49.8 Å². The first-order valence-electron chi connectivity index (χ1n) is 7.15. The summed E-state index contributed by atoms with van der Waals surface area (Å²) in [7, 11) is 0. The van der Waals surface area contributed by atoms with E-state index in [1.54, 1.807) is 0 Å². The lowest BCUT2D eigenvalue weighted by atomic mass is 9.79. The zero-order chi connectivity index (χ0) is 13.2. The molecular weight excluding hydrogens is 238 g/mol. The molecular formula is C16H27NS. The van der Waals surface area contributed by atoms with E-state index >= 15 is 0 Å². The lowest BCUT2D eigenvalue weighted by molar-refractivity contribution is 0.212. The highest BCUT2D eigenvalue weighted by Crippen LogP contribution is 2.48. The minimum absolute atomic E-state index is 0.235.